The molecule has 0 aliphatic carbocycles. The van der Waals surface area contributed by atoms with Crippen LogP contribution >= 0.6 is 24.0 Å². The highest BCUT2D eigenvalue weighted by molar-refractivity contribution is 14.0. The van der Waals surface area contributed by atoms with Crippen molar-refractivity contribution < 1.29 is 9.13 Å². The number of guanidine groups is 1. The number of hydrogen-bond donors (Lipinski definition) is 2. The zero-order chi connectivity index (χ0) is 16.2. The van der Waals surface area contributed by atoms with E-state index in [1.54, 1.807) is 20.0 Å². The zero-order valence-corrected chi connectivity index (χ0v) is 16.7. The molecule has 132 valence electrons. The van der Waals surface area contributed by atoms with Crippen LogP contribution in [0.1, 0.15) is 37.3 Å². The molecule has 0 radical (unpaired) electrons. The number of rotatable bonds is 9. The Balaban J connectivity index is 0.00000484. The summed E-state index contributed by atoms with van der Waals surface area (Å²) in [7, 11) is 1.74. The lowest BCUT2D eigenvalue weighted by molar-refractivity contribution is 0.129. The highest BCUT2D eigenvalue weighted by atomic mass is 127. The monoisotopic (exact) mass is 437 g/mol. The fourth-order valence-corrected chi connectivity index (χ4v) is 1.95. The molecule has 0 amide bonds. The fraction of sp³-hybridized carbons (Fsp3) is 0.588. The van der Waals surface area contributed by atoms with Crippen LogP contribution in [0.3, 0.4) is 0 Å². The molecule has 1 rings (SSSR count). The Labute approximate surface area is 156 Å². The van der Waals surface area contributed by atoms with E-state index in [1.807, 2.05) is 6.07 Å². The molecule has 1 aromatic carbocycles. The maximum absolute atomic E-state index is 13.2. The quantitative estimate of drug-likeness (QED) is 0.269. The third-order valence-electron chi connectivity index (χ3n) is 3.31. The summed E-state index contributed by atoms with van der Waals surface area (Å²) in [5.41, 5.74) is 1.69. The predicted octanol–water partition coefficient (Wildman–Crippen LogP) is 3.62. The van der Waals surface area contributed by atoms with Crippen molar-refractivity contribution in [2.24, 2.45) is 4.99 Å². The molecule has 0 unspecified atom stereocenters. The van der Waals surface area contributed by atoms with E-state index >= 15 is 0 Å². The van der Waals surface area contributed by atoms with Gasteiger partial charge in [-0.25, -0.2) is 4.39 Å². The minimum atomic E-state index is -0.172. The number of benzene rings is 1. The molecular formula is C17H29FIN3O. The molecule has 0 aromatic heterocycles. The largest absolute Gasteiger partial charge is 0.381 e. The van der Waals surface area contributed by atoms with Gasteiger partial charge in [-0.15, -0.1) is 24.0 Å². The lowest BCUT2D eigenvalue weighted by Gasteiger charge is -2.12. The lowest BCUT2D eigenvalue weighted by atomic mass is 10.1. The Morgan fingerprint density at radius 1 is 1.22 bits per heavy atom. The van der Waals surface area contributed by atoms with E-state index in [0.29, 0.717) is 12.1 Å². The molecule has 0 spiro atoms. The van der Waals surface area contributed by atoms with Crippen molar-refractivity contribution in [1.82, 2.24) is 10.6 Å². The highest BCUT2D eigenvalue weighted by Crippen LogP contribution is 2.08. The summed E-state index contributed by atoms with van der Waals surface area (Å²) < 4.78 is 18.7. The average molecular weight is 437 g/mol. The molecule has 0 aliphatic heterocycles. The highest BCUT2D eigenvalue weighted by Gasteiger charge is 2.01. The van der Waals surface area contributed by atoms with Gasteiger partial charge in [-0.2, -0.15) is 0 Å². The number of nitrogens with one attached hydrogen (secondary N) is 2. The molecule has 0 aliphatic rings. The van der Waals surface area contributed by atoms with Crippen LogP contribution in [0.25, 0.3) is 0 Å². The molecule has 23 heavy (non-hydrogen) atoms. The molecule has 0 saturated carbocycles. The van der Waals surface area contributed by atoms with Gasteiger partial charge in [0.1, 0.15) is 5.82 Å². The van der Waals surface area contributed by atoms with E-state index in [0.717, 1.165) is 50.5 Å². The van der Waals surface area contributed by atoms with E-state index < -0.39 is 0 Å². The number of nitrogens with zero attached hydrogens (tertiary/aromatic N) is 1. The SMILES string of the molecule is CCCCOCCCNC(=NC)NCc1ccc(F)c(C)c1.I. The van der Waals surface area contributed by atoms with Crippen molar-refractivity contribution in [2.45, 2.75) is 39.7 Å². The first kappa shape index (κ1) is 22.1. The molecule has 2 N–H and O–H groups in total. The number of aryl methyl sites for hydroxylation is 1. The molecule has 4 nitrogen and oxygen atoms in total. The molecule has 0 heterocycles. The Bertz CT molecular complexity index is 469. The second-order valence-corrected chi connectivity index (χ2v) is 5.26. The summed E-state index contributed by atoms with van der Waals surface area (Å²) in [5.74, 6) is 0.574. The first-order chi connectivity index (χ1) is 10.7. The number of hydrogen-bond acceptors (Lipinski definition) is 2. The topological polar surface area (TPSA) is 45.6 Å². The van der Waals surface area contributed by atoms with Crippen LogP contribution in [0.5, 0.6) is 0 Å². The van der Waals surface area contributed by atoms with Gasteiger partial charge in [-0.1, -0.05) is 25.5 Å². The number of unbranched alkanes of at least 4 members (excludes halogenated alkanes) is 1. The molecule has 0 bridgehead atoms. The molecular weight excluding hydrogens is 408 g/mol. The van der Waals surface area contributed by atoms with Crippen molar-refractivity contribution in [3.8, 4) is 0 Å². The van der Waals surface area contributed by atoms with Crippen LogP contribution in [0.4, 0.5) is 4.39 Å². The van der Waals surface area contributed by atoms with Gasteiger partial charge in [0.05, 0.1) is 0 Å². The molecule has 6 heteroatoms. The van der Waals surface area contributed by atoms with Crippen LogP contribution in [0, 0.1) is 12.7 Å². The van der Waals surface area contributed by atoms with Crippen molar-refractivity contribution in [3.05, 3.63) is 35.1 Å². The second kappa shape index (κ2) is 13.5. The van der Waals surface area contributed by atoms with Crippen LogP contribution < -0.4 is 10.6 Å². The second-order valence-electron chi connectivity index (χ2n) is 5.26. The van der Waals surface area contributed by atoms with E-state index in [2.05, 4.69) is 22.5 Å². The lowest BCUT2D eigenvalue weighted by Crippen LogP contribution is -2.37. The first-order valence-electron chi connectivity index (χ1n) is 7.94. The smallest absolute Gasteiger partial charge is 0.191 e. The van der Waals surface area contributed by atoms with Crippen LogP contribution in [-0.4, -0.2) is 32.8 Å². The van der Waals surface area contributed by atoms with Gasteiger partial charge >= 0.3 is 0 Å². The van der Waals surface area contributed by atoms with Crippen molar-refractivity contribution in [3.63, 3.8) is 0 Å². The predicted molar refractivity (Wildman–Crippen MR) is 105 cm³/mol. The van der Waals surface area contributed by atoms with E-state index in [9.17, 15) is 4.39 Å². The Kier molecular flexibility index (Phi) is 13.0. The van der Waals surface area contributed by atoms with Gasteiger partial charge in [0, 0.05) is 33.4 Å². The molecule has 0 atom stereocenters. The first-order valence-corrected chi connectivity index (χ1v) is 7.94. The summed E-state index contributed by atoms with van der Waals surface area (Å²) in [6.07, 6.45) is 3.23. The van der Waals surface area contributed by atoms with Gasteiger partial charge in [-0.3, -0.25) is 4.99 Å². The maximum atomic E-state index is 13.2. The average Bonchev–Trinajstić information content (AvgIpc) is 2.52. The molecule has 1 aromatic rings. The standard InChI is InChI=1S/C17H28FN3O.HI/c1-4-5-10-22-11-6-9-20-17(19-3)21-13-15-7-8-16(18)14(2)12-15;/h7-8,12H,4-6,9-11,13H2,1-3H3,(H2,19,20,21);1H. The van der Waals surface area contributed by atoms with E-state index in [4.69, 9.17) is 4.74 Å². The van der Waals surface area contributed by atoms with Crippen LogP contribution in [0.2, 0.25) is 0 Å². The van der Waals surface area contributed by atoms with Gasteiger partial charge in [0.2, 0.25) is 0 Å². The Morgan fingerprint density at radius 3 is 2.61 bits per heavy atom. The number of aliphatic imine (C=N–C) groups is 1. The van der Waals surface area contributed by atoms with Crippen molar-refractivity contribution in [1.29, 1.82) is 0 Å². The molecule has 0 fully saturated rings. The Hall–Kier alpha value is -0.890. The van der Waals surface area contributed by atoms with Crippen LogP contribution in [-0.2, 0) is 11.3 Å². The minimum Gasteiger partial charge on any atom is -0.381 e. The summed E-state index contributed by atoms with van der Waals surface area (Å²) in [6, 6.07) is 5.12. The minimum absolute atomic E-state index is 0. The number of ether oxygens (including phenoxy) is 1. The maximum Gasteiger partial charge on any atom is 0.191 e. The van der Waals surface area contributed by atoms with Crippen LogP contribution in [0.15, 0.2) is 23.2 Å². The van der Waals surface area contributed by atoms with Gasteiger partial charge in [0.15, 0.2) is 5.96 Å². The van der Waals surface area contributed by atoms with Crippen molar-refractivity contribution >= 4 is 29.9 Å². The van der Waals surface area contributed by atoms with E-state index in [-0.39, 0.29) is 29.8 Å². The summed E-state index contributed by atoms with van der Waals surface area (Å²) in [4.78, 5) is 4.17. The number of halogens is 2. The van der Waals surface area contributed by atoms with Crippen molar-refractivity contribution in [2.75, 3.05) is 26.8 Å². The van der Waals surface area contributed by atoms with Gasteiger partial charge in [-0.05, 0) is 37.0 Å². The Morgan fingerprint density at radius 2 is 1.96 bits per heavy atom. The zero-order valence-electron chi connectivity index (χ0n) is 14.3. The summed E-state index contributed by atoms with van der Waals surface area (Å²) in [5, 5.41) is 6.46. The van der Waals surface area contributed by atoms with Gasteiger partial charge < -0.3 is 15.4 Å². The normalized spacial score (nSPS) is 11.0. The molecule has 0 saturated heterocycles. The summed E-state index contributed by atoms with van der Waals surface area (Å²) in [6.45, 7) is 6.96. The third kappa shape index (κ3) is 9.76. The van der Waals surface area contributed by atoms with Gasteiger partial charge in [0.25, 0.3) is 0 Å². The fourth-order valence-electron chi connectivity index (χ4n) is 1.95. The van der Waals surface area contributed by atoms with E-state index in [1.165, 1.54) is 6.07 Å². The summed E-state index contributed by atoms with van der Waals surface area (Å²) >= 11 is 0. The third-order valence-corrected chi connectivity index (χ3v) is 3.31.